The number of amides is 1. The van der Waals surface area contributed by atoms with Gasteiger partial charge >= 0.3 is 0 Å². The molecule has 0 atom stereocenters. The largest absolute Gasteiger partial charge is 0.380 e. The lowest BCUT2D eigenvalue weighted by molar-refractivity contribution is 0.0724. The molecule has 24 heavy (non-hydrogen) atoms. The minimum Gasteiger partial charge on any atom is -0.380 e. The van der Waals surface area contributed by atoms with Gasteiger partial charge in [-0.3, -0.25) is 4.79 Å². The summed E-state index contributed by atoms with van der Waals surface area (Å²) in [6.45, 7) is 6.02. The van der Waals surface area contributed by atoms with Crippen molar-refractivity contribution in [2.75, 3.05) is 18.4 Å². The molecule has 5 nitrogen and oxygen atoms in total. The number of aromatic nitrogens is 1. The Balaban J connectivity index is 1.75. The third-order valence-electron chi connectivity index (χ3n) is 4.49. The predicted molar refractivity (Wildman–Crippen MR) is 94.5 cm³/mol. The molecule has 0 unspecified atom stereocenters. The summed E-state index contributed by atoms with van der Waals surface area (Å²) in [4.78, 5) is 14.6. The molecule has 3 rings (SSSR count). The summed E-state index contributed by atoms with van der Waals surface area (Å²) in [6, 6.07) is 5.40. The van der Waals surface area contributed by atoms with E-state index in [9.17, 15) is 4.79 Å². The molecule has 6 heteroatoms. The summed E-state index contributed by atoms with van der Waals surface area (Å²) in [5.74, 6) is 0.864. The molecule has 128 valence electrons. The van der Waals surface area contributed by atoms with E-state index >= 15 is 0 Å². The van der Waals surface area contributed by atoms with E-state index in [1.807, 2.05) is 24.8 Å². The Labute approximate surface area is 147 Å². The highest BCUT2D eigenvalue weighted by molar-refractivity contribution is 6.33. The van der Waals surface area contributed by atoms with Gasteiger partial charge in [-0.25, -0.2) is 0 Å². The van der Waals surface area contributed by atoms with Crippen molar-refractivity contribution in [3.8, 4) is 0 Å². The Kier molecular flexibility index (Phi) is 5.09. The molecule has 0 saturated carbocycles. The number of hydrogen-bond acceptors (Lipinski definition) is 4. The number of nitrogens with zero attached hydrogens (tertiary/aromatic N) is 2. The van der Waals surface area contributed by atoms with Gasteiger partial charge in [0.2, 0.25) is 0 Å². The second kappa shape index (κ2) is 7.26. The molecule has 1 saturated heterocycles. The van der Waals surface area contributed by atoms with Gasteiger partial charge in [0.1, 0.15) is 5.76 Å². The van der Waals surface area contributed by atoms with E-state index in [1.165, 1.54) is 6.42 Å². The molecule has 2 heterocycles. The fourth-order valence-corrected chi connectivity index (χ4v) is 3.20. The molecule has 1 N–H and O–H groups in total. The van der Waals surface area contributed by atoms with Crippen LogP contribution in [0.25, 0.3) is 0 Å². The second-order valence-corrected chi connectivity index (χ2v) is 6.61. The van der Waals surface area contributed by atoms with Gasteiger partial charge in [-0.05, 0) is 51.3 Å². The third-order valence-corrected chi connectivity index (χ3v) is 4.82. The Hall–Kier alpha value is -2.01. The van der Waals surface area contributed by atoms with Gasteiger partial charge in [-0.1, -0.05) is 16.8 Å². The molecule has 0 aliphatic carbocycles. The van der Waals surface area contributed by atoms with Gasteiger partial charge in [-0.2, -0.15) is 0 Å². The quantitative estimate of drug-likeness (QED) is 0.901. The number of halogens is 1. The highest BCUT2D eigenvalue weighted by Gasteiger charge is 2.19. The van der Waals surface area contributed by atoms with Gasteiger partial charge in [0.15, 0.2) is 0 Å². The van der Waals surface area contributed by atoms with E-state index in [2.05, 4.69) is 10.5 Å². The van der Waals surface area contributed by atoms with Crippen LogP contribution in [0.15, 0.2) is 22.7 Å². The lowest BCUT2D eigenvalue weighted by atomic mass is 10.1. The number of rotatable bonds is 4. The van der Waals surface area contributed by atoms with E-state index < -0.39 is 0 Å². The first-order valence-electron chi connectivity index (χ1n) is 8.30. The van der Waals surface area contributed by atoms with Crippen molar-refractivity contribution in [1.82, 2.24) is 10.1 Å². The zero-order valence-electron chi connectivity index (χ0n) is 14.1. The number of likely N-dealkylation sites (tertiary alicyclic amines) is 1. The van der Waals surface area contributed by atoms with Crippen LogP contribution in [-0.4, -0.2) is 29.1 Å². The molecule has 1 fully saturated rings. The summed E-state index contributed by atoms with van der Waals surface area (Å²) in [7, 11) is 0. The van der Waals surface area contributed by atoms with Gasteiger partial charge in [0, 0.05) is 30.8 Å². The SMILES string of the molecule is Cc1noc(C)c1CNc1cc(C(=O)N2CCCCC2)ccc1Cl. The number of piperidine rings is 1. The Morgan fingerprint density at radius 1 is 1.29 bits per heavy atom. The number of carbonyl (C=O) groups excluding carboxylic acids is 1. The zero-order chi connectivity index (χ0) is 17.1. The number of aryl methyl sites for hydroxylation is 2. The molecule has 1 aromatic carbocycles. The lowest BCUT2D eigenvalue weighted by Gasteiger charge is -2.27. The van der Waals surface area contributed by atoms with Crippen LogP contribution in [0.2, 0.25) is 5.02 Å². The maximum Gasteiger partial charge on any atom is 0.253 e. The topological polar surface area (TPSA) is 58.4 Å². The van der Waals surface area contributed by atoms with Crippen molar-refractivity contribution in [2.45, 2.75) is 39.7 Å². The van der Waals surface area contributed by atoms with Crippen molar-refractivity contribution in [1.29, 1.82) is 0 Å². The standard InChI is InChI=1S/C18H22ClN3O2/c1-12-15(13(2)24-21-12)11-20-17-10-14(6-7-16(17)19)18(23)22-8-4-3-5-9-22/h6-7,10,20H,3-5,8-9,11H2,1-2H3. The van der Waals surface area contributed by atoms with Gasteiger partial charge in [-0.15, -0.1) is 0 Å². The van der Waals surface area contributed by atoms with Crippen LogP contribution in [-0.2, 0) is 6.54 Å². The molecule has 1 aromatic heterocycles. The minimum atomic E-state index is 0.0757. The molecular weight excluding hydrogens is 326 g/mol. The number of benzene rings is 1. The number of hydrogen-bond donors (Lipinski definition) is 1. The first-order valence-corrected chi connectivity index (χ1v) is 8.68. The summed E-state index contributed by atoms with van der Waals surface area (Å²) in [5.41, 5.74) is 3.29. The zero-order valence-corrected chi connectivity index (χ0v) is 14.8. The summed E-state index contributed by atoms with van der Waals surface area (Å²) >= 11 is 6.28. The van der Waals surface area contributed by atoms with Crippen molar-refractivity contribution < 1.29 is 9.32 Å². The molecule has 1 aliphatic heterocycles. The molecule has 0 radical (unpaired) electrons. The summed E-state index contributed by atoms with van der Waals surface area (Å²) in [6.07, 6.45) is 3.36. The Bertz CT molecular complexity index is 716. The maximum absolute atomic E-state index is 12.6. The van der Waals surface area contributed by atoms with E-state index in [-0.39, 0.29) is 5.91 Å². The molecule has 1 aliphatic rings. The first-order chi connectivity index (χ1) is 11.6. The van der Waals surface area contributed by atoms with Crippen LogP contribution in [0.1, 0.15) is 46.6 Å². The van der Waals surface area contributed by atoms with Crippen LogP contribution < -0.4 is 5.32 Å². The van der Waals surface area contributed by atoms with E-state index in [0.717, 1.165) is 48.6 Å². The molecule has 0 spiro atoms. The van der Waals surface area contributed by atoms with E-state index in [4.69, 9.17) is 16.1 Å². The highest BCUT2D eigenvalue weighted by atomic mass is 35.5. The summed E-state index contributed by atoms with van der Waals surface area (Å²) in [5, 5.41) is 7.84. The average Bonchev–Trinajstić information content (AvgIpc) is 2.92. The van der Waals surface area contributed by atoms with Crippen LogP contribution in [0.5, 0.6) is 0 Å². The second-order valence-electron chi connectivity index (χ2n) is 6.20. The molecule has 1 amide bonds. The number of carbonyl (C=O) groups is 1. The van der Waals surface area contributed by atoms with E-state index in [1.54, 1.807) is 12.1 Å². The molecular formula is C18H22ClN3O2. The lowest BCUT2D eigenvalue weighted by Crippen LogP contribution is -2.35. The van der Waals surface area contributed by atoms with Crippen LogP contribution in [0, 0.1) is 13.8 Å². The Morgan fingerprint density at radius 2 is 2.04 bits per heavy atom. The van der Waals surface area contributed by atoms with Gasteiger partial charge < -0.3 is 14.7 Å². The first kappa shape index (κ1) is 16.8. The fourth-order valence-electron chi connectivity index (χ4n) is 3.01. The normalized spacial score (nSPS) is 14.7. The number of anilines is 1. The summed E-state index contributed by atoms with van der Waals surface area (Å²) < 4.78 is 5.17. The highest BCUT2D eigenvalue weighted by Crippen LogP contribution is 2.26. The van der Waals surface area contributed by atoms with Crippen molar-refractivity contribution in [3.05, 3.63) is 45.8 Å². The minimum absolute atomic E-state index is 0.0757. The van der Waals surface area contributed by atoms with Gasteiger partial charge in [0.05, 0.1) is 16.4 Å². The fraction of sp³-hybridized carbons (Fsp3) is 0.444. The van der Waals surface area contributed by atoms with Crippen LogP contribution in [0.4, 0.5) is 5.69 Å². The van der Waals surface area contributed by atoms with E-state index in [0.29, 0.717) is 17.1 Å². The average molecular weight is 348 g/mol. The third kappa shape index (κ3) is 3.56. The van der Waals surface area contributed by atoms with Crippen molar-refractivity contribution in [3.63, 3.8) is 0 Å². The molecule has 2 aromatic rings. The van der Waals surface area contributed by atoms with Crippen LogP contribution >= 0.6 is 11.6 Å². The monoisotopic (exact) mass is 347 g/mol. The maximum atomic E-state index is 12.6. The molecule has 0 bridgehead atoms. The Morgan fingerprint density at radius 3 is 2.71 bits per heavy atom. The van der Waals surface area contributed by atoms with Gasteiger partial charge in [0.25, 0.3) is 5.91 Å². The predicted octanol–water partition coefficient (Wildman–Crippen LogP) is 4.18. The van der Waals surface area contributed by atoms with Crippen LogP contribution in [0.3, 0.4) is 0 Å². The number of nitrogens with one attached hydrogen (secondary N) is 1. The smallest absolute Gasteiger partial charge is 0.253 e. The van der Waals surface area contributed by atoms with Crippen molar-refractivity contribution in [2.24, 2.45) is 0 Å². The van der Waals surface area contributed by atoms with Crippen molar-refractivity contribution >= 4 is 23.2 Å².